The van der Waals surface area contributed by atoms with Crippen LogP contribution >= 0.6 is 0 Å². The predicted molar refractivity (Wildman–Crippen MR) is 85.3 cm³/mol. The lowest BCUT2D eigenvalue weighted by Gasteiger charge is -2.37. The number of nitrogens with zero attached hydrogens (tertiary/aromatic N) is 2. The molecule has 1 saturated heterocycles. The first-order valence-corrected chi connectivity index (χ1v) is 7.87. The van der Waals surface area contributed by atoms with Crippen LogP contribution in [0.2, 0.25) is 0 Å². The van der Waals surface area contributed by atoms with Crippen molar-refractivity contribution in [2.45, 2.75) is 25.4 Å². The SMILES string of the molecule is CC1(O)COc2cc(N3CCN(CC(F)F)CC3)c(N)cc2C1. The van der Waals surface area contributed by atoms with Crippen LogP contribution in [0.4, 0.5) is 20.2 Å². The predicted octanol–water partition coefficient (Wildman–Crippen LogP) is 1.34. The molecule has 1 unspecified atom stereocenters. The van der Waals surface area contributed by atoms with Crippen molar-refractivity contribution in [3.63, 3.8) is 0 Å². The van der Waals surface area contributed by atoms with Crippen molar-refractivity contribution in [1.29, 1.82) is 0 Å². The summed E-state index contributed by atoms with van der Waals surface area (Å²) in [6.07, 6.45) is -1.79. The number of benzene rings is 1. The Kier molecular flexibility index (Phi) is 4.33. The number of ether oxygens (including phenoxy) is 1. The minimum Gasteiger partial charge on any atom is -0.490 e. The van der Waals surface area contributed by atoms with Crippen molar-refractivity contribution in [2.75, 3.05) is 50.0 Å². The smallest absolute Gasteiger partial charge is 0.251 e. The molecule has 2 heterocycles. The molecule has 2 aliphatic heterocycles. The van der Waals surface area contributed by atoms with Gasteiger partial charge in [0.15, 0.2) is 0 Å². The monoisotopic (exact) mass is 327 g/mol. The van der Waals surface area contributed by atoms with Gasteiger partial charge in [0.05, 0.1) is 23.5 Å². The van der Waals surface area contributed by atoms with E-state index in [0.29, 0.717) is 38.3 Å². The van der Waals surface area contributed by atoms with Crippen LogP contribution in [0.15, 0.2) is 12.1 Å². The molecule has 0 bridgehead atoms. The van der Waals surface area contributed by atoms with Gasteiger partial charge in [-0.05, 0) is 18.6 Å². The molecule has 1 aromatic rings. The minimum absolute atomic E-state index is 0.175. The number of anilines is 2. The maximum atomic E-state index is 12.4. The van der Waals surface area contributed by atoms with Crippen LogP contribution in [-0.2, 0) is 6.42 Å². The van der Waals surface area contributed by atoms with Crippen molar-refractivity contribution in [3.8, 4) is 5.75 Å². The van der Waals surface area contributed by atoms with Gasteiger partial charge in [0.1, 0.15) is 12.4 Å². The van der Waals surface area contributed by atoms with Crippen molar-refractivity contribution < 1.29 is 18.6 Å². The van der Waals surface area contributed by atoms with Crippen molar-refractivity contribution >= 4 is 11.4 Å². The second-order valence-corrected chi connectivity index (χ2v) is 6.66. The van der Waals surface area contributed by atoms with E-state index in [9.17, 15) is 13.9 Å². The summed E-state index contributed by atoms with van der Waals surface area (Å²) < 4.78 is 30.5. The summed E-state index contributed by atoms with van der Waals surface area (Å²) in [5.74, 6) is 0.746. The molecule has 2 aliphatic rings. The third kappa shape index (κ3) is 3.67. The summed E-state index contributed by atoms with van der Waals surface area (Å²) in [4.78, 5) is 3.87. The lowest BCUT2D eigenvalue weighted by molar-refractivity contribution is -0.000568. The van der Waals surface area contributed by atoms with Crippen LogP contribution in [0.1, 0.15) is 12.5 Å². The quantitative estimate of drug-likeness (QED) is 0.821. The van der Waals surface area contributed by atoms with E-state index in [1.54, 1.807) is 11.8 Å². The molecule has 0 aliphatic carbocycles. The fraction of sp³-hybridized carbons (Fsp3) is 0.625. The van der Waals surface area contributed by atoms with E-state index in [0.717, 1.165) is 17.0 Å². The average Bonchev–Trinajstić information content (AvgIpc) is 2.46. The van der Waals surface area contributed by atoms with Crippen LogP contribution in [0.25, 0.3) is 0 Å². The molecule has 0 saturated carbocycles. The van der Waals surface area contributed by atoms with Gasteiger partial charge >= 0.3 is 0 Å². The van der Waals surface area contributed by atoms with E-state index in [-0.39, 0.29) is 13.2 Å². The summed E-state index contributed by atoms with van der Waals surface area (Å²) in [6, 6.07) is 3.76. The van der Waals surface area contributed by atoms with Gasteiger partial charge in [0, 0.05) is 38.7 Å². The number of hydrogen-bond donors (Lipinski definition) is 2. The first-order chi connectivity index (χ1) is 10.8. The zero-order valence-electron chi connectivity index (χ0n) is 13.3. The Hall–Kier alpha value is -1.60. The summed E-state index contributed by atoms with van der Waals surface area (Å²) in [5.41, 5.74) is 7.70. The summed E-state index contributed by atoms with van der Waals surface area (Å²) in [5, 5.41) is 10.1. The van der Waals surface area contributed by atoms with Gasteiger partial charge in [0.25, 0.3) is 6.43 Å². The first kappa shape index (κ1) is 16.3. The molecule has 3 N–H and O–H groups in total. The van der Waals surface area contributed by atoms with Gasteiger partial charge in [-0.3, -0.25) is 4.90 Å². The maximum absolute atomic E-state index is 12.4. The van der Waals surface area contributed by atoms with Crippen LogP contribution in [0, 0.1) is 0 Å². The van der Waals surface area contributed by atoms with Crippen molar-refractivity contribution in [3.05, 3.63) is 17.7 Å². The topological polar surface area (TPSA) is 62.0 Å². The average molecular weight is 327 g/mol. The summed E-state index contributed by atoms with van der Waals surface area (Å²) in [7, 11) is 0. The normalized spacial score (nSPS) is 25.3. The van der Waals surface area contributed by atoms with E-state index in [2.05, 4.69) is 4.90 Å². The highest BCUT2D eigenvalue weighted by Gasteiger charge is 2.30. The van der Waals surface area contributed by atoms with Crippen LogP contribution in [0.3, 0.4) is 0 Å². The van der Waals surface area contributed by atoms with E-state index in [1.807, 2.05) is 12.1 Å². The highest BCUT2D eigenvalue weighted by molar-refractivity contribution is 5.72. The molecule has 0 radical (unpaired) electrons. The first-order valence-electron chi connectivity index (χ1n) is 7.87. The largest absolute Gasteiger partial charge is 0.490 e. The zero-order chi connectivity index (χ0) is 16.6. The second kappa shape index (κ2) is 6.13. The number of fused-ring (bicyclic) bond motifs is 1. The van der Waals surface area contributed by atoms with Crippen LogP contribution < -0.4 is 15.4 Å². The standard InChI is InChI=1S/C16H23F2N3O2/c1-16(22)8-11-6-12(19)13(7-14(11)23-10-16)21-4-2-20(3-5-21)9-15(17)18/h6-7,15,22H,2-5,8-10,19H2,1H3. The molecule has 5 nitrogen and oxygen atoms in total. The molecule has 128 valence electrons. The summed E-state index contributed by atoms with van der Waals surface area (Å²) >= 11 is 0. The second-order valence-electron chi connectivity index (χ2n) is 6.66. The number of nitrogen functional groups attached to an aromatic ring is 1. The van der Waals surface area contributed by atoms with Gasteiger partial charge in [-0.25, -0.2) is 8.78 Å². The Bertz CT molecular complexity index is 573. The molecule has 7 heteroatoms. The minimum atomic E-state index is -2.29. The lowest BCUT2D eigenvalue weighted by Crippen LogP contribution is -2.48. The van der Waals surface area contributed by atoms with E-state index >= 15 is 0 Å². The molecule has 0 aromatic heterocycles. The van der Waals surface area contributed by atoms with E-state index < -0.39 is 12.0 Å². The number of alkyl halides is 2. The van der Waals surface area contributed by atoms with Gasteiger partial charge in [0.2, 0.25) is 0 Å². The third-order valence-corrected chi connectivity index (χ3v) is 4.43. The Morgan fingerprint density at radius 3 is 2.65 bits per heavy atom. The molecule has 0 spiro atoms. The van der Waals surface area contributed by atoms with Gasteiger partial charge in [-0.1, -0.05) is 0 Å². The molecular weight excluding hydrogens is 304 g/mol. The van der Waals surface area contributed by atoms with Crippen molar-refractivity contribution in [1.82, 2.24) is 4.90 Å². The number of rotatable bonds is 3. The Balaban J connectivity index is 1.72. The van der Waals surface area contributed by atoms with Crippen LogP contribution in [0.5, 0.6) is 5.75 Å². The molecule has 0 amide bonds. The molecule has 1 fully saturated rings. The maximum Gasteiger partial charge on any atom is 0.251 e. The van der Waals surface area contributed by atoms with Gasteiger partial charge in [-0.2, -0.15) is 0 Å². The molecule has 1 aromatic carbocycles. The molecule has 1 atom stereocenters. The van der Waals surface area contributed by atoms with Crippen LogP contribution in [-0.4, -0.2) is 61.4 Å². The number of aliphatic hydroxyl groups is 1. The molecular formula is C16H23F2N3O2. The fourth-order valence-corrected chi connectivity index (χ4v) is 3.24. The lowest BCUT2D eigenvalue weighted by atomic mass is 9.93. The zero-order valence-corrected chi connectivity index (χ0v) is 13.3. The number of piperazine rings is 1. The fourth-order valence-electron chi connectivity index (χ4n) is 3.24. The summed E-state index contributed by atoms with van der Waals surface area (Å²) in [6.45, 7) is 4.33. The Morgan fingerprint density at radius 1 is 1.30 bits per heavy atom. The highest BCUT2D eigenvalue weighted by Crippen LogP contribution is 2.37. The highest BCUT2D eigenvalue weighted by atomic mass is 19.3. The van der Waals surface area contributed by atoms with Crippen molar-refractivity contribution in [2.24, 2.45) is 0 Å². The number of halogens is 2. The number of nitrogens with two attached hydrogens (primary N) is 1. The molecule has 23 heavy (non-hydrogen) atoms. The van der Waals surface area contributed by atoms with Gasteiger partial charge in [-0.15, -0.1) is 0 Å². The number of hydrogen-bond acceptors (Lipinski definition) is 5. The van der Waals surface area contributed by atoms with Gasteiger partial charge < -0.3 is 20.5 Å². The van der Waals surface area contributed by atoms with E-state index in [1.165, 1.54) is 0 Å². The molecule has 3 rings (SSSR count). The Labute approximate surface area is 134 Å². The van der Waals surface area contributed by atoms with E-state index in [4.69, 9.17) is 10.5 Å². The Morgan fingerprint density at radius 2 is 2.00 bits per heavy atom. The third-order valence-electron chi connectivity index (χ3n) is 4.43.